The van der Waals surface area contributed by atoms with Gasteiger partial charge in [-0.2, -0.15) is 0 Å². The van der Waals surface area contributed by atoms with E-state index in [2.05, 4.69) is 120 Å². The molecule has 1 N–H and O–H groups in total. The smallest absolute Gasteiger partial charge is 0.164 e. The van der Waals surface area contributed by atoms with E-state index < -0.39 is 0 Å². The molecule has 6 nitrogen and oxygen atoms in total. The van der Waals surface area contributed by atoms with Gasteiger partial charge in [0.25, 0.3) is 0 Å². The lowest BCUT2D eigenvalue weighted by Crippen LogP contribution is -2.24. The second kappa shape index (κ2) is 11.5. The molecule has 1 aliphatic heterocycles. The molecular weight excluding hydrogens is 663 g/mol. The van der Waals surface area contributed by atoms with Crippen LogP contribution in [-0.4, -0.2) is 24.5 Å². The minimum atomic E-state index is -0.294. The van der Waals surface area contributed by atoms with E-state index in [1.807, 2.05) is 60.7 Å². The Morgan fingerprint density at radius 1 is 0.463 bits per heavy atom. The molecule has 10 aromatic rings. The van der Waals surface area contributed by atoms with Crippen LogP contribution < -0.4 is 4.74 Å². The highest BCUT2D eigenvalue weighted by Gasteiger charge is 2.36. The lowest BCUT2D eigenvalue weighted by Gasteiger charge is -2.34. The first-order valence-electron chi connectivity index (χ1n) is 18.3. The van der Waals surface area contributed by atoms with Crippen molar-refractivity contribution in [3.63, 3.8) is 0 Å². The number of fused-ring (bicyclic) bond motifs is 8. The number of nitrogens with zero attached hydrogens (tertiary/aromatic N) is 4. The Hall–Kier alpha value is -7.05. The van der Waals surface area contributed by atoms with E-state index in [1.165, 1.54) is 32.7 Å². The van der Waals surface area contributed by atoms with Gasteiger partial charge in [-0.1, -0.05) is 123 Å². The van der Waals surface area contributed by atoms with Gasteiger partial charge in [-0.05, 0) is 42.5 Å². The van der Waals surface area contributed by atoms with Crippen LogP contribution in [0.1, 0.15) is 25.0 Å². The van der Waals surface area contributed by atoms with Crippen molar-refractivity contribution in [2.75, 3.05) is 0 Å². The van der Waals surface area contributed by atoms with E-state index >= 15 is 0 Å². The summed E-state index contributed by atoms with van der Waals surface area (Å²) in [6, 6.07) is 54.8. The molecule has 0 radical (unpaired) electrons. The van der Waals surface area contributed by atoms with Gasteiger partial charge >= 0.3 is 0 Å². The van der Waals surface area contributed by atoms with Gasteiger partial charge in [0.2, 0.25) is 0 Å². The zero-order valence-electron chi connectivity index (χ0n) is 29.7. The second-order valence-electron chi connectivity index (χ2n) is 14.6. The summed E-state index contributed by atoms with van der Waals surface area (Å²) in [4.78, 5) is 18.6. The fourth-order valence-electron chi connectivity index (χ4n) is 8.28. The number of aromatic amines is 1. The largest absolute Gasteiger partial charge is 0.457 e. The molecule has 6 heteroatoms. The van der Waals surface area contributed by atoms with E-state index in [0.717, 1.165) is 55.9 Å². The van der Waals surface area contributed by atoms with Gasteiger partial charge in [0.15, 0.2) is 17.5 Å². The van der Waals surface area contributed by atoms with Gasteiger partial charge in [-0.15, -0.1) is 0 Å². The van der Waals surface area contributed by atoms with E-state index in [-0.39, 0.29) is 5.41 Å². The number of aromatic nitrogens is 5. The molecular formula is C48H33N5O. The van der Waals surface area contributed by atoms with Crippen LogP contribution in [-0.2, 0) is 5.41 Å². The number of hydrogen-bond donors (Lipinski definition) is 1. The molecule has 0 atom stereocenters. The number of ether oxygens (including phenoxy) is 1. The average Bonchev–Trinajstić information content (AvgIpc) is 3.75. The number of hydrogen-bond acceptors (Lipinski definition) is 4. The predicted octanol–water partition coefficient (Wildman–Crippen LogP) is 12.0. The standard InChI is InChI=1S/C48H33N5O/c1-48(2)37-25-36-34-21-10-12-23-41(34)53(42(36)28-44(37)54-43-26-35-33-20-9-11-22-39(33)49-40(35)27-38(43)48)32-19-13-18-31(24-32)47-51-45(29-14-5-3-6-15-29)50-46(52-47)30-16-7-4-8-17-30/h3-28,49H,1-2H3. The summed E-state index contributed by atoms with van der Waals surface area (Å²) in [7, 11) is 0. The zero-order chi connectivity index (χ0) is 36.0. The first-order chi connectivity index (χ1) is 26.5. The maximum Gasteiger partial charge on any atom is 0.164 e. The van der Waals surface area contributed by atoms with Crippen molar-refractivity contribution in [2.45, 2.75) is 19.3 Å². The van der Waals surface area contributed by atoms with Crippen molar-refractivity contribution >= 4 is 43.6 Å². The van der Waals surface area contributed by atoms with Crippen LogP contribution in [0.5, 0.6) is 11.5 Å². The minimum Gasteiger partial charge on any atom is -0.457 e. The van der Waals surface area contributed by atoms with Crippen LogP contribution in [0.4, 0.5) is 0 Å². The second-order valence-corrected chi connectivity index (χ2v) is 14.6. The van der Waals surface area contributed by atoms with E-state index in [4.69, 9.17) is 19.7 Å². The molecule has 0 aliphatic carbocycles. The van der Waals surface area contributed by atoms with Crippen LogP contribution in [0.15, 0.2) is 158 Å². The van der Waals surface area contributed by atoms with Gasteiger partial charge in [0.05, 0.1) is 11.0 Å². The molecule has 0 spiro atoms. The third kappa shape index (κ3) is 4.63. The first kappa shape index (κ1) is 30.6. The van der Waals surface area contributed by atoms with Crippen LogP contribution >= 0.6 is 0 Å². The number of rotatable bonds is 4. The fraction of sp³-hybridized carbons (Fsp3) is 0.0625. The van der Waals surface area contributed by atoms with Crippen molar-refractivity contribution in [1.82, 2.24) is 24.5 Å². The van der Waals surface area contributed by atoms with Gasteiger partial charge < -0.3 is 14.3 Å². The van der Waals surface area contributed by atoms with E-state index in [0.29, 0.717) is 17.5 Å². The van der Waals surface area contributed by atoms with Gasteiger partial charge in [0, 0.05) is 77.6 Å². The highest BCUT2D eigenvalue weighted by atomic mass is 16.5. The van der Waals surface area contributed by atoms with Crippen LogP contribution in [0.2, 0.25) is 0 Å². The molecule has 0 amide bonds. The Morgan fingerprint density at radius 2 is 1.06 bits per heavy atom. The van der Waals surface area contributed by atoms with Crippen molar-refractivity contribution in [2.24, 2.45) is 0 Å². The third-order valence-electron chi connectivity index (χ3n) is 11.0. The molecule has 0 fully saturated rings. The van der Waals surface area contributed by atoms with E-state index in [9.17, 15) is 0 Å². The summed E-state index contributed by atoms with van der Waals surface area (Å²) in [5.74, 6) is 3.66. The Labute approximate surface area is 311 Å². The highest BCUT2D eigenvalue weighted by Crippen LogP contribution is 2.51. The normalized spacial score (nSPS) is 13.3. The predicted molar refractivity (Wildman–Crippen MR) is 218 cm³/mol. The molecule has 0 unspecified atom stereocenters. The molecule has 1 aliphatic rings. The molecule has 54 heavy (non-hydrogen) atoms. The number of benzene rings is 7. The lowest BCUT2D eigenvalue weighted by molar-refractivity contribution is 0.420. The molecule has 0 bridgehead atoms. The summed E-state index contributed by atoms with van der Waals surface area (Å²) in [6.07, 6.45) is 0. The van der Waals surface area contributed by atoms with Gasteiger partial charge in [-0.3, -0.25) is 0 Å². The summed E-state index contributed by atoms with van der Waals surface area (Å²) in [6.45, 7) is 4.61. The summed E-state index contributed by atoms with van der Waals surface area (Å²) < 4.78 is 9.22. The fourth-order valence-corrected chi connectivity index (χ4v) is 8.28. The zero-order valence-corrected chi connectivity index (χ0v) is 29.7. The number of para-hydroxylation sites is 2. The quantitative estimate of drug-likeness (QED) is 0.199. The molecule has 0 saturated heterocycles. The number of H-pyrrole nitrogens is 1. The molecule has 4 heterocycles. The van der Waals surface area contributed by atoms with Crippen LogP contribution in [0, 0.1) is 0 Å². The summed E-state index contributed by atoms with van der Waals surface area (Å²) >= 11 is 0. The third-order valence-corrected chi connectivity index (χ3v) is 11.0. The van der Waals surface area contributed by atoms with Gasteiger partial charge in [0.1, 0.15) is 11.5 Å². The lowest BCUT2D eigenvalue weighted by atomic mass is 9.75. The Bertz CT molecular complexity index is 3050. The van der Waals surface area contributed by atoms with Crippen LogP contribution in [0.25, 0.3) is 83.5 Å². The summed E-state index contributed by atoms with van der Waals surface area (Å²) in [5, 5.41) is 4.73. The molecule has 0 saturated carbocycles. The van der Waals surface area contributed by atoms with Crippen molar-refractivity contribution in [3.8, 4) is 51.3 Å². The molecule has 256 valence electrons. The monoisotopic (exact) mass is 695 g/mol. The van der Waals surface area contributed by atoms with Gasteiger partial charge in [-0.25, -0.2) is 15.0 Å². The van der Waals surface area contributed by atoms with Crippen molar-refractivity contribution in [1.29, 1.82) is 0 Å². The number of nitrogens with one attached hydrogen (secondary N) is 1. The van der Waals surface area contributed by atoms with Crippen LogP contribution in [0.3, 0.4) is 0 Å². The Kier molecular flexibility index (Phi) is 6.49. The minimum absolute atomic E-state index is 0.294. The molecule has 11 rings (SSSR count). The maximum atomic E-state index is 6.88. The Balaban J connectivity index is 1.09. The topological polar surface area (TPSA) is 68.6 Å². The summed E-state index contributed by atoms with van der Waals surface area (Å²) in [5.41, 5.74) is 10.3. The Morgan fingerprint density at radius 3 is 1.80 bits per heavy atom. The molecule has 3 aromatic heterocycles. The maximum absolute atomic E-state index is 6.88. The van der Waals surface area contributed by atoms with Crippen molar-refractivity contribution in [3.05, 3.63) is 169 Å². The highest BCUT2D eigenvalue weighted by molar-refractivity contribution is 6.11. The SMILES string of the molecule is CC1(C)c2cc3[nH]c4ccccc4c3cc2Oc2cc3c(cc21)c1ccccc1n3-c1cccc(-c2nc(-c3ccccc3)nc(-c3ccccc3)n2)c1. The van der Waals surface area contributed by atoms with Crippen molar-refractivity contribution < 1.29 is 4.74 Å². The molecule has 7 aromatic carbocycles. The first-order valence-corrected chi connectivity index (χ1v) is 18.3. The average molecular weight is 696 g/mol. The van der Waals surface area contributed by atoms with E-state index in [1.54, 1.807) is 0 Å².